The first-order chi connectivity index (χ1) is 10.0. The summed E-state index contributed by atoms with van der Waals surface area (Å²) < 4.78 is 5.07. The van der Waals surface area contributed by atoms with Crippen molar-refractivity contribution in [3.05, 3.63) is 39.3 Å². The number of halogens is 1. The van der Waals surface area contributed by atoms with Gasteiger partial charge in [-0.2, -0.15) is 0 Å². The lowest BCUT2D eigenvalue weighted by atomic mass is 10.1. The third kappa shape index (κ3) is 3.65. The number of ether oxygens (including phenoxy) is 1. The smallest absolute Gasteiger partial charge is 0.340 e. The van der Waals surface area contributed by atoms with E-state index >= 15 is 0 Å². The monoisotopic (exact) mass is 325 g/mol. The van der Waals surface area contributed by atoms with Gasteiger partial charge in [0.25, 0.3) is 0 Å². The first-order valence-corrected chi connectivity index (χ1v) is 7.69. The minimum atomic E-state index is -0.438. The van der Waals surface area contributed by atoms with Crippen LogP contribution in [0.1, 0.15) is 23.0 Å². The molecule has 0 bridgehead atoms. The number of esters is 1. The van der Waals surface area contributed by atoms with E-state index in [0.717, 1.165) is 5.69 Å². The molecule has 2 N–H and O–H groups in total. The standard InChI is InChI=1S/C14H16ClN3O2S/c1-3-20-14(19)11-4-9(16)5-12(15)13(11)18(2)6-10-7-21-8-17-10/h4-5,7-8H,3,6,16H2,1-2H3. The Hall–Kier alpha value is -1.79. The van der Waals surface area contributed by atoms with Crippen molar-refractivity contribution in [3.63, 3.8) is 0 Å². The molecule has 0 unspecified atom stereocenters. The van der Waals surface area contributed by atoms with Gasteiger partial charge < -0.3 is 15.4 Å². The molecule has 0 radical (unpaired) electrons. The second-order valence-corrected chi connectivity index (χ2v) is 5.58. The van der Waals surface area contributed by atoms with E-state index in [4.69, 9.17) is 22.1 Å². The van der Waals surface area contributed by atoms with Crippen molar-refractivity contribution in [2.24, 2.45) is 0 Å². The molecule has 21 heavy (non-hydrogen) atoms. The van der Waals surface area contributed by atoms with Crippen LogP contribution in [0.4, 0.5) is 11.4 Å². The van der Waals surface area contributed by atoms with Crippen molar-refractivity contribution in [1.29, 1.82) is 0 Å². The topological polar surface area (TPSA) is 68.5 Å². The summed E-state index contributed by atoms with van der Waals surface area (Å²) >= 11 is 7.79. The highest BCUT2D eigenvalue weighted by Gasteiger charge is 2.20. The Bertz CT molecular complexity index is 631. The highest BCUT2D eigenvalue weighted by Crippen LogP contribution is 2.33. The lowest BCUT2D eigenvalue weighted by Gasteiger charge is -2.22. The minimum absolute atomic E-state index is 0.292. The maximum absolute atomic E-state index is 12.1. The molecule has 0 atom stereocenters. The molecule has 0 aliphatic rings. The number of anilines is 2. The van der Waals surface area contributed by atoms with Gasteiger partial charge in [-0.25, -0.2) is 9.78 Å². The van der Waals surface area contributed by atoms with Crippen LogP contribution in [0.2, 0.25) is 5.02 Å². The van der Waals surface area contributed by atoms with E-state index in [2.05, 4.69) is 4.98 Å². The molecule has 0 saturated heterocycles. The maximum Gasteiger partial charge on any atom is 0.340 e. The summed E-state index contributed by atoms with van der Waals surface area (Å²) in [6.45, 7) is 2.59. The van der Waals surface area contributed by atoms with Gasteiger partial charge in [0.15, 0.2) is 0 Å². The summed E-state index contributed by atoms with van der Waals surface area (Å²) in [5.74, 6) is -0.438. The molecule has 2 rings (SSSR count). The molecule has 0 aliphatic heterocycles. The highest BCUT2D eigenvalue weighted by molar-refractivity contribution is 7.07. The molecule has 0 amide bonds. The fourth-order valence-electron chi connectivity index (χ4n) is 2.01. The van der Waals surface area contributed by atoms with Crippen LogP contribution >= 0.6 is 22.9 Å². The highest BCUT2D eigenvalue weighted by atomic mass is 35.5. The lowest BCUT2D eigenvalue weighted by molar-refractivity contribution is 0.0527. The van der Waals surface area contributed by atoms with Gasteiger partial charge in [0.05, 0.1) is 40.6 Å². The normalized spacial score (nSPS) is 10.4. The number of thiazole rings is 1. The predicted octanol–water partition coefficient (Wildman–Crippen LogP) is 3.19. The van der Waals surface area contributed by atoms with Crippen LogP contribution in [0.25, 0.3) is 0 Å². The summed E-state index contributed by atoms with van der Waals surface area (Å²) in [6.07, 6.45) is 0. The van der Waals surface area contributed by atoms with Gasteiger partial charge in [0.1, 0.15) is 0 Å². The third-order valence-electron chi connectivity index (χ3n) is 2.85. The van der Waals surface area contributed by atoms with E-state index < -0.39 is 5.97 Å². The van der Waals surface area contributed by atoms with E-state index in [1.165, 1.54) is 11.3 Å². The number of benzene rings is 1. The van der Waals surface area contributed by atoms with Gasteiger partial charge in [0.2, 0.25) is 0 Å². The number of rotatable bonds is 5. The quantitative estimate of drug-likeness (QED) is 0.675. The van der Waals surface area contributed by atoms with E-state index in [1.807, 2.05) is 17.3 Å². The fourth-order valence-corrected chi connectivity index (χ4v) is 2.93. The van der Waals surface area contributed by atoms with Crippen LogP contribution in [0.15, 0.2) is 23.0 Å². The Morgan fingerprint density at radius 1 is 1.52 bits per heavy atom. The van der Waals surface area contributed by atoms with Crippen molar-refractivity contribution in [1.82, 2.24) is 4.98 Å². The van der Waals surface area contributed by atoms with Gasteiger partial charge in [-0.15, -0.1) is 11.3 Å². The predicted molar refractivity (Wildman–Crippen MR) is 86.0 cm³/mol. The first-order valence-electron chi connectivity index (χ1n) is 6.37. The van der Waals surface area contributed by atoms with Crippen LogP contribution < -0.4 is 10.6 Å². The fraction of sp³-hybridized carbons (Fsp3) is 0.286. The van der Waals surface area contributed by atoms with E-state index in [0.29, 0.717) is 35.1 Å². The SMILES string of the molecule is CCOC(=O)c1cc(N)cc(Cl)c1N(C)Cc1cscn1. The minimum Gasteiger partial charge on any atom is -0.462 e. The van der Waals surface area contributed by atoms with Gasteiger partial charge in [-0.3, -0.25) is 0 Å². The molecule has 0 spiro atoms. The van der Waals surface area contributed by atoms with Crippen molar-refractivity contribution >= 4 is 40.3 Å². The van der Waals surface area contributed by atoms with Gasteiger partial charge in [-0.1, -0.05) is 11.6 Å². The molecule has 112 valence electrons. The zero-order chi connectivity index (χ0) is 15.4. The Kier molecular flexibility index (Phi) is 5.03. The number of aromatic nitrogens is 1. The van der Waals surface area contributed by atoms with Crippen LogP contribution in [-0.2, 0) is 11.3 Å². The molecule has 1 aromatic carbocycles. The van der Waals surface area contributed by atoms with Crippen LogP contribution in [0.3, 0.4) is 0 Å². The van der Waals surface area contributed by atoms with Crippen LogP contribution in [0, 0.1) is 0 Å². The number of nitrogens with two attached hydrogens (primary N) is 1. The largest absolute Gasteiger partial charge is 0.462 e. The third-order valence-corrected chi connectivity index (χ3v) is 3.77. The number of hydrogen-bond donors (Lipinski definition) is 1. The maximum atomic E-state index is 12.1. The Labute approximate surface area is 132 Å². The summed E-state index contributed by atoms with van der Waals surface area (Å²) in [5.41, 5.74) is 9.83. The summed E-state index contributed by atoms with van der Waals surface area (Å²) in [4.78, 5) is 18.2. The Morgan fingerprint density at radius 3 is 2.90 bits per heavy atom. The summed E-state index contributed by atoms with van der Waals surface area (Å²) in [6, 6.07) is 3.20. The Balaban J connectivity index is 2.38. The molecule has 0 saturated carbocycles. The van der Waals surface area contributed by atoms with Crippen molar-refractivity contribution in [3.8, 4) is 0 Å². The molecule has 7 heteroatoms. The summed E-state index contributed by atoms with van der Waals surface area (Å²) in [7, 11) is 1.85. The number of nitrogens with zero attached hydrogens (tertiary/aromatic N) is 2. The van der Waals surface area contributed by atoms with E-state index in [-0.39, 0.29) is 0 Å². The average molecular weight is 326 g/mol. The molecular weight excluding hydrogens is 310 g/mol. The van der Waals surface area contributed by atoms with Crippen molar-refractivity contribution < 1.29 is 9.53 Å². The molecule has 5 nitrogen and oxygen atoms in total. The number of carbonyl (C=O) groups excluding carboxylic acids is 1. The summed E-state index contributed by atoms with van der Waals surface area (Å²) in [5, 5.41) is 2.36. The van der Waals surface area contributed by atoms with E-state index in [9.17, 15) is 4.79 Å². The second-order valence-electron chi connectivity index (χ2n) is 4.46. The molecule has 1 heterocycles. The molecule has 0 fully saturated rings. The number of hydrogen-bond acceptors (Lipinski definition) is 6. The molecular formula is C14H16ClN3O2S. The Morgan fingerprint density at radius 2 is 2.29 bits per heavy atom. The first kappa shape index (κ1) is 15.6. The van der Waals surface area contributed by atoms with Gasteiger partial charge >= 0.3 is 5.97 Å². The molecule has 2 aromatic rings. The lowest BCUT2D eigenvalue weighted by Crippen LogP contribution is -2.21. The van der Waals surface area contributed by atoms with Crippen LogP contribution in [0.5, 0.6) is 0 Å². The zero-order valence-electron chi connectivity index (χ0n) is 11.8. The molecule has 0 aliphatic carbocycles. The number of carbonyl (C=O) groups is 1. The zero-order valence-corrected chi connectivity index (χ0v) is 13.4. The van der Waals surface area contributed by atoms with E-state index in [1.54, 1.807) is 24.6 Å². The van der Waals surface area contributed by atoms with Gasteiger partial charge in [0, 0.05) is 18.1 Å². The second kappa shape index (κ2) is 6.78. The molecule has 1 aromatic heterocycles. The average Bonchev–Trinajstić information content (AvgIpc) is 2.90. The number of nitrogen functional groups attached to an aromatic ring is 1. The van der Waals surface area contributed by atoms with Crippen molar-refractivity contribution in [2.45, 2.75) is 13.5 Å². The van der Waals surface area contributed by atoms with Crippen molar-refractivity contribution in [2.75, 3.05) is 24.3 Å². The van der Waals surface area contributed by atoms with Gasteiger partial charge in [-0.05, 0) is 19.1 Å². The van der Waals surface area contributed by atoms with Crippen LogP contribution in [-0.4, -0.2) is 24.6 Å².